The molecule has 1 aromatic carbocycles. The van der Waals surface area contributed by atoms with E-state index in [0.29, 0.717) is 28.2 Å². The molecule has 1 amide bonds. The van der Waals surface area contributed by atoms with Crippen LogP contribution >= 0.6 is 0 Å². The van der Waals surface area contributed by atoms with Crippen LogP contribution in [-0.4, -0.2) is 67.7 Å². The largest absolute Gasteiger partial charge is 0.390 e. The van der Waals surface area contributed by atoms with Crippen LogP contribution in [0.2, 0.25) is 0 Å². The molecule has 0 unspecified atom stereocenters. The van der Waals surface area contributed by atoms with Crippen molar-refractivity contribution in [3.63, 3.8) is 0 Å². The first-order valence-corrected chi connectivity index (χ1v) is 11.6. The van der Waals surface area contributed by atoms with Gasteiger partial charge in [-0.25, -0.2) is 18.7 Å². The van der Waals surface area contributed by atoms with E-state index in [0.717, 1.165) is 6.42 Å². The Hall–Kier alpha value is -2.98. The average molecular weight is 469 g/mol. The summed E-state index contributed by atoms with van der Waals surface area (Å²) in [5, 5.41) is 23.8. The third-order valence-corrected chi connectivity index (χ3v) is 7.52. The molecule has 2 aromatic rings. The minimum atomic E-state index is -1.23. The number of aromatic nitrogens is 2. The van der Waals surface area contributed by atoms with E-state index in [1.807, 2.05) is 0 Å². The molecule has 178 valence electrons. The number of aliphatic hydroxyl groups is 2. The summed E-state index contributed by atoms with van der Waals surface area (Å²) in [6.45, 7) is 1.83. The fourth-order valence-corrected chi connectivity index (χ4v) is 5.84. The summed E-state index contributed by atoms with van der Waals surface area (Å²) in [4.78, 5) is 28.0. The van der Waals surface area contributed by atoms with E-state index in [4.69, 9.17) is 0 Å². The summed E-state index contributed by atoms with van der Waals surface area (Å²) < 4.78 is 28.6. The van der Waals surface area contributed by atoms with Gasteiger partial charge in [-0.15, -0.1) is 0 Å². The van der Waals surface area contributed by atoms with Crippen molar-refractivity contribution in [3.8, 4) is 0 Å². The van der Waals surface area contributed by atoms with Crippen molar-refractivity contribution in [1.82, 2.24) is 14.9 Å². The zero-order chi connectivity index (χ0) is 23.7. The van der Waals surface area contributed by atoms with Gasteiger partial charge in [-0.2, -0.15) is 0 Å². The summed E-state index contributed by atoms with van der Waals surface area (Å²) in [5.74, 6) is -0.311. The molecule has 0 bridgehead atoms. The molecule has 2 aliphatic heterocycles. The van der Waals surface area contributed by atoms with Crippen LogP contribution in [0.4, 0.5) is 14.6 Å². The number of aryl methyl sites for hydroxylation is 1. The van der Waals surface area contributed by atoms with Crippen molar-refractivity contribution in [2.24, 2.45) is 16.8 Å². The Morgan fingerprint density at radius 2 is 1.97 bits per heavy atom. The predicted octanol–water partition coefficient (Wildman–Crippen LogP) is 1.69. The van der Waals surface area contributed by atoms with Gasteiger partial charge in [-0.1, -0.05) is 6.07 Å². The molecule has 10 heteroatoms. The van der Waals surface area contributed by atoms with E-state index in [2.05, 4.69) is 20.3 Å². The molecule has 3 N–H and O–H groups in total. The number of nitrogens with zero attached hydrogens (tertiary/aromatic N) is 4. The van der Waals surface area contributed by atoms with Crippen molar-refractivity contribution in [3.05, 3.63) is 52.7 Å². The Morgan fingerprint density at radius 1 is 1.15 bits per heavy atom. The van der Waals surface area contributed by atoms with Crippen molar-refractivity contribution in [2.45, 2.75) is 56.8 Å². The Labute approximate surface area is 194 Å². The summed E-state index contributed by atoms with van der Waals surface area (Å²) in [7, 11) is 0. The first-order chi connectivity index (χ1) is 16.3. The number of nitrogens with one attached hydrogen (secondary N) is 1. The normalized spacial score (nSPS) is 33.5. The Bertz CT molecular complexity index is 1190. The number of alkyl halides is 1. The number of carbonyl (C=O) groups is 1. The van der Waals surface area contributed by atoms with Crippen LogP contribution in [-0.2, 0) is 11.3 Å². The molecule has 1 aromatic heterocycles. The fourth-order valence-electron chi connectivity index (χ4n) is 5.84. The Morgan fingerprint density at radius 3 is 2.71 bits per heavy atom. The second-order valence-corrected chi connectivity index (χ2v) is 9.79. The van der Waals surface area contributed by atoms with Crippen LogP contribution in [0.5, 0.6) is 0 Å². The highest BCUT2D eigenvalue weighted by Crippen LogP contribution is 2.53. The van der Waals surface area contributed by atoms with E-state index < -0.39 is 36.1 Å². The highest BCUT2D eigenvalue weighted by Gasteiger charge is 2.59. The SMILES string of the molecule is Cc1cc(F)cc([C@H]2C[C@H](F)CN2C(=O)C2=NCc3ncnc(N[C@H]4[C@H](O)[C@H](O)[C@@H]5C[C@@H]54)c32)c1. The van der Waals surface area contributed by atoms with Crippen molar-refractivity contribution < 1.29 is 23.8 Å². The lowest BCUT2D eigenvalue weighted by atomic mass is 10.0. The third-order valence-electron chi connectivity index (χ3n) is 7.52. The zero-order valence-electron chi connectivity index (χ0n) is 18.5. The maximum atomic E-state index is 14.5. The first-order valence-electron chi connectivity index (χ1n) is 11.6. The summed E-state index contributed by atoms with van der Waals surface area (Å²) >= 11 is 0. The summed E-state index contributed by atoms with van der Waals surface area (Å²) in [5.41, 5.74) is 2.38. The molecule has 34 heavy (non-hydrogen) atoms. The monoisotopic (exact) mass is 469 g/mol. The van der Waals surface area contributed by atoms with Crippen LogP contribution in [0.25, 0.3) is 0 Å². The van der Waals surface area contributed by atoms with Gasteiger partial charge < -0.3 is 20.4 Å². The average Bonchev–Trinajstić information content (AvgIpc) is 3.19. The lowest BCUT2D eigenvalue weighted by molar-refractivity contribution is -0.125. The number of likely N-dealkylation sites (tertiary alicyclic amines) is 1. The van der Waals surface area contributed by atoms with E-state index in [1.165, 1.54) is 23.4 Å². The van der Waals surface area contributed by atoms with Gasteiger partial charge >= 0.3 is 0 Å². The van der Waals surface area contributed by atoms with Crippen molar-refractivity contribution in [2.75, 3.05) is 11.9 Å². The Kier molecular flexibility index (Phi) is 4.93. The smallest absolute Gasteiger partial charge is 0.273 e. The number of aliphatic hydroxyl groups excluding tert-OH is 2. The number of carbonyl (C=O) groups excluding carboxylic acids is 1. The minimum absolute atomic E-state index is 0.0683. The van der Waals surface area contributed by atoms with Gasteiger partial charge in [0.2, 0.25) is 0 Å². The number of amides is 1. The molecule has 2 aliphatic carbocycles. The van der Waals surface area contributed by atoms with Gasteiger partial charge in [0.1, 0.15) is 35.9 Å². The fraction of sp³-hybridized carbons (Fsp3) is 0.500. The van der Waals surface area contributed by atoms with Crippen LogP contribution < -0.4 is 5.32 Å². The summed E-state index contributed by atoms with van der Waals surface area (Å²) in [6.07, 6.45) is -0.667. The molecular weight excluding hydrogens is 444 g/mol. The maximum Gasteiger partial charge on any atom is 0.273 e. The molecule has 3 fully saturated rings. The van der Waals surface area contributed by atoms with Gasteiger partial charge in [0, 0.05) is 6.42 Å². The molecule has 8 nitrogen and oxygen atoms in total. The second kappa shape index (κ2) is 7.78. The van der Waals surface area contributed by atoms with Crippen LogP contribution in [0.15, 0.2) is 29.5 Å². The van der Waals surface area contributed by atoms with Crippen molar-refractivity contribution in [1.29, 1.82) is 0 Å². The van der Waals surface area contributed by atoms with E-state index >= 15 is 0 Å². The number of fused-ring (bicyclic) bond motifs is 2. The standard InChI is InChI=1S/C24H25F2N5O3/c1-10-2-11(4-12(25)3-10)17-5-13(26)8-31(17)24(34)20-18-16(7-27-20)28-9-29-23(18)30-19-14-6-15(14)21(32)22(19)33/h2-4,9,13-15,17,19,21-22,32-33H,5-8H2,1H3,(H,28,29,30)/t13-,14-,15+,17+,19+,21+,22-/m0/s1. The van der Waals surface area contributed by atoms with E-state index in [-0.39, 0.29) is 43.1 Å². The molecule has 2 saturated carbocycles. The van der Waals surface area contributed by atoms with Crippen LogP contribution in [0, 0.1) is 24.6 Å². The lowest BCUT2D eigenvalue weighted by Crippen LogP contribution is -2.40. The van der Waals surface area contributed by atoms with E-state index in [1.54, 1.807) is 13.0 Å². The number of anilines is 1. The number of hydrogen-bond acceptors (Lipinski definition) is 7. The number of benzene rings is 1. The van der Waals surface area contributed by atoms with Gasteiger partial charge in [0.15, 0.2) is 0 Å². The number of rotatable bonds is 4. The highest BCUT2D eigenvalue weighted by atomic mass is 19.1. The molecule has 7 atom stereocenters. The topological polar surface area (TPSA) is 111 Å². The quantitative estimate of drug-likeness (QED) is 0.629. The van der Waals surface area contributed by atoms with Gasteiger partial charge in [0.05, 0.1) is 42.5 Å². The molecule has 3 heterocycles. The molecule has 6 rings (SSSR count). The minimum Gasteiger partial charge on any atom is -0.390 e. The lowest BCUT2D eigenvalue weighted by Gasteiger charge is -2.26. The zero-order valence-corrected chi connectivity index (χ0v) is 18.5. The van der Waals surface area contributed by atoms with Crippen molar-refractivity contribution >= 4 is 17.4 Å². The first kappa shape index (κ1) is 21.5. The predicted molar refractivity (Wildman–Crippen MR) is 118 cm³/mol. The summed E-state index contributed by atoms with van der Waals surface area (Å²) in [6, 6.07) is 3.51. The molecular formula is C24H25F2N5O3. The van der Waals surface area contributed by atoms with Crippen LogP contribution in [0.1, 0.15) is 41.3 Å². The van der Waals surface area contributed by atoms with Gasteiger partial charge in [-0.05, 0) is 48.4 Å². The maximum absolute atomic E-state index is 14.5. The highest BCUT2D eigenvalue weighted by molar-refractivity contribution is 6.47. The number of hydrogen-bond donors (Lipinski definition) is 3. The number of halogens is 2. The third kappa shape index (κ3) is 3.39. The van der Waals surface area contributed by atoms with Gasteiger partial charge in [0.25, 0.3) is 5.91 Å². The molecule has 4 aliphatic rings. The van der Waals surface area contributed by atoms with E-state index in [9.17, 15) is 23.8 Å². The number of aliphatic imine (C=N–C) groups is 1. The van der Waals surface area contributed by atoms with Crippen LogP contribution in [0.3, 0.4) is 0 Å². The molecule has 1 saturated heterocycles. The second-order valence-electron chi connectivity index (χ2n) is 9.79. The van der Waals surface area contributed by atoms with Gasteiger partial charge in [-0.3, -0.25) is 9.79 Å². The molecule has 0 spiro atoms. The molecule has 0 radical (unpaired) electrons. The Balaban J connectivity index is 1.31.